The van der Waals surface area contributed by atoms with E-state index in [0.29, 0.717) is 23.9 Å². The van der Waals surface area contributed by atoms with E-state index in [1.54, 1.807) is 0 Å². The molecule has 0 aromatic carbocycles. The molecule has 1 amide bonds. The molecule has 0 aromatic rings. The topological polar surface area (TPSA) is 125 Å². The molecule has 4 atom stereocenters. The number of aliphatic hydroxyl groups excluding tert-OH is 2. The summed E-state index contributed by atoms with van der Waals surface area (Å²) in [6, 6.07) is -0.800. The van der Waals surface area contributed by atoms with Crippen LogP contribution in [-0.4, -0.2) is 84.6 Å². The fourth-order valence-electron chi connectivity index (χ4n) is 5.93. The van der Waals surface area contributed by atoms with E-state index in [2.05, 4.69) is 61.7 Å². The van der Waals surface area contributed by atoms with E-state index in [1.165, 1.54) is 70.6 Å². The molecule has 54 heavy (non-hydrogen) atoms. The summed E-state index contributed by atoms with van der Waals surface area (Å²) in [5.74, 6) is -0.214. The maximum Gasteiger partial charge on any atom is 0.472 e. The number of hydrogen-bond acceptors (Lipinski definition) is 6. The van der Waals surface area contributed by atoms with Gasteiger partial charge in [-0.05, 0) is 51.4 Å². The summed E-state index contributed by atoms with van der Waals surface area (Å²) >= 11 is 0. The summed E-state index contributed by atoms with van der Waals surface area (Å²) in [6.45, 7) is 4.62. The van der Waals surface area contributed by atoms with Gasteiger partial charge in [-0.2, -0.15) is 0 Å². The third kappa shape index (κ3) is 37.3. The number of phosphoric acid groups is 1. The normalized spacial score (nSPS) is 15.5. The van der Waals surface area contributed by atoms with Crippen molar-refractivity contribution in [3.63, 3.8) is 0 Å². The lowest BCUT2D eigenvalue weighted by Gasteiger charge is -2.26. The smallest absolute Gasteiger partial charge is 0.393 e. The van der Waals surface area contributed by atoms with Gasteiger partial charge in [0.2, 0.25) is 5.91 Å². The van der Waals surface area contributed by atoms with Gasteiger partial charge in [0, 0.05) is 6.42 Å². The highest BCUT2D eigenvalue weighted by Gasteiger charge is 2.28. The van der Waals surface area contributed by atoms with Crippen LogP contribution in [0.25, 0.3) is 0 Å². The molecule has 0 saturated heterocycles. The van der Waals surface area contributed by atoms with Crippen molar-refractivity contribution < 1.29 is 38.0 Å². The third-order valence-electron chi connectivity index (χ3n) is 9.39. The highest BCUT2D eigenvalue weighted by atomic mass is 31.2. The average Bonchev–Trinajstić information content (AvgIpc) is 3.11. The number of carbonyl (C=O) groups is 1. The van der Waals surface area contributed by atoms with Gasteiger partial charge in [0.05, 0.1) is 46.0 Å². The first-order chi connectivity index (χ1) is 25.9. The highest BCUT2D eigenvalue weighted by molar-refractivity contribution is 7.47. The Bertz CT molecular complexity index is 1040. The molecular weight excluding hydrogens is 699 g/mol. The first kappa shape index (κ1) is 52.4. The second-order valence-corrected chi connectivity index (χ2v) is 17.4. The van der Waals surface area contributed by atoms with Gasteiger partial charge in [-0.25, -0.2) is 4.57 Å². The Kier molecular flexibility index (Phi) is 34.8. The highest BCUT2D eigenvalue weighted by Crippen LogP contribution is 2.43. The van der Waals surface area contributed by atoms with Crippen molar-refractivity contribution in [3.8, 4) is 0 Å². The number of quaternary nitrogens is 1. The van der Waals surface area contributed by atoms with Crippen LogP contribution in [0.15, 0.2) is 48.6 Å². The number of unbranched alkanes of at least 4 members (excludes halogenated alkanes) is 14. The van der Waals surface area contributed by atoms with Crippen molar-refractivity contribution in [3.05, 3.63) is 48.6 Å². The number of nitrogens with one attached hydrogen (secondary N) is 1. The van der Waals surface area contributed by atoms with Crippen LogP contribution in [-0.2, 0) is 18.4 Å². The van der Waals surface area contributed by atoms with Gasteiger partial charge in [0.15, 0.2) is 0 Å². The molecule has 0 saturated carbocycles. The number of nitrogens with zero attached hydrogens (tertiary/aromatic N) is 1. The Labute approximate surface area is 332 Å². The maximum atomic E-state index is 12.8. The summed E-state index contributed by atoms with van der Waals surface area (Å²) in [7, 11) is 1.55. The molecule has 0 aliphatic heterocycles. The Morgan fingerprint density at radius 1 is 0.667 bits per heavy atom. The van der Waals surface area contributed by atoms with Gasteiger partial charge < -0.3 is 24.9 Å². The number of amides is 1. The molecule has 0 rings (SSSR count). The van der Waals surface area contributed by atoms with Crippen molar-refractivity contribution >= 4 is 13.7 Å². The number of phosphoric ester groups is 1. The van der Waals surface area contributed by atoms with Crippen LogP contribution in [0.4, 0.5) is 0 Å². The van der Waals surface area contributed by atoms with E-state index in [-0.39, 0.29) is 31.6 Å². The van der Waals surface area contributed by atoms with Crippen LogP contribution in [0, 0.1) is 0 Å². The Morgan fingerprint density at radius 3 is 1.69 bits per heavy atom. The second kappa shape index (κ2) is 35.8. The van der Waals surface area contributed by atoms with Gasteiger partial charge in [0.1, 0.15) is 13.2 Å². The second-order valence-electron chi connectivity index (χ2n) is 15.9. The molecule has 0 heterocycles. The molecule has 0 fully saturated rings. The number of rotatable bonds is 38. The molecule has 0 spiro atoms. The van der Waals surface area contributed by atoms with Crippen molar-refractivity contribution in [2.75, 3.05) is 40.9 Å². The van der Waals surface area contributed by atoms with Gasteiger partial charge in [-0.3, -0.25) is 13.8 Å². The standard InChI is InChI=1S/C44H83N2O7P/c1-6-8-9-10-11-12-13-14-17-20-23-26-29-32-36-43(48)42(40-53-54(50,51)52-39-38-46(3,4)5)45-44(49)37-33-30-27-24-21-18-15-16-19-22-25-28-31-35-41(47)34-7-2/h15,18-19,22,24,27-28,31,41-43,47-48H,6-14,16-17,20-21,23,25-26,29-30,32-40H2,1-5H3,(H-,45,49,50,51)/p+1/b18-15-,22-19-,27-24-,31-28-/t41?,42-,43+/m0/s1. The lowest BCUT2D eigenvalue weighted by atomic mass is 10.0. The van der Waals surface area contributed by atoms with Crippen LogP contribution in [0.5, 0.6) is 0 Å². The Hall–Kier alpha value is -1.58. The molecule has 316 valence electrons. The number of carbonyl (C=O) groups excluding carboxylic acids is 1. The van der Waals surface area contributed by atoms with E-state index in [9.17, 15) is 24.5 Å². The summed E-state index contributed by atoms with van der Waals surface area (Å²) < 4.78 is 23.5. The molecule has 0 radical (unpaired) electrons. The quantitative estimate of drug-likeness (QED) is 0.0213. The van der Waals surface area contributed by atoms with Crippen molar-refractivity contribution in [2.45, 2.75) is 186 Å². The van der Waals surface area contributed by atoms with E-state index >= 15 is 0 Å². The molecule has 2 unspecified atom stereocenters. The predicted molar refractivity (Wildman–Crippen MR) is 227 cm³/mol. The first-order valence-electron chi connectivity index (χ1n) is 21.6. The maximum absolute atomic E-state index is 12.8. The number of likely N-dealkylation sites (N-methyl/N-ethyl adjacent to an activating group) is 1. The van der Waals surface area contributed by atoms with E-state index in [0.717, 1.165) is 64.2 Å². The average molecular weight is 784 g/mol. The minimum Gasteiger partial charge on any atom is -0.393 e. The van der Waals surface area contributed by atoms with E-state index in [1.807, 2.05) is 27.2 Å². The molecular formula is C44H84N2O7P+. The zero-order valence-electron chi connectivity index (χ0n) is 35.3. The summed E-state index contributed by atoms with van der Waals surface area (Å²) in [6.07, 6.45) is 40.6. The van der Waals surface area contributed by atoms with Crippen molar-refractivity contribution in [2.24, 2.45) is 0 Å². The summed E-state index contributed by atoms with van der Waals surface area (Å²) in [5.41, 5.74) is 0. The lowest BCUT2D eigenvalue weighted by molar-refractivity contribution is -0.870. The predicted octanol–water partition coefficient (Wildman–Crippen LogP) is 10.7. The molecule has 4 N–H and O–H groups in total. The number of aliphatic hydroxyl groups is 2. The minimum atomic E-state index is -4.34. The Balaban J connectivity index is 4.53. The minimum absolute atomic E-state index is 0.0560. The van der Waals surface area contributed by atoms with Gasteiger partial charge in [-0.1, -0.05) is 159 Å². The fraction of sp³-hybridized carbons (Fsp3) is 0.795. The van der Waals surface area contributed by atoms with E-state index < -0.39 is 20.0 Å². The number of hydrogen-bond donors (Lipinski definition) is 4. The SMILES string of the molecule is CCCCCCCCCCCCCCCC[C@@H](O)[C@H](COP(=O)(O)OCC[N+](C)(C)C)NC(=O)CCC/C=C\C/C=C\C/C=C\C/C=C\CC(O)CCC. The zero-order valence-corrected chi connectivity index (χ0v) is 36.2. The Morgan fingerprint density at radius 2 is 1.17 bits per heavy atom. The molecule has 10 heteroatoms. The van der Waals surface area contributed by atoms with Crippen molar-refractivity contribution in [1.82, 2.24) is 5.32 Å². The summed E-state index contributed by atoms with van der Waals surface area (Å²) in [5, 5.41) is 23.6. The van der Waals surface area contributed by atoms with Crippen LogP contribution in [0.2, 0.25) is 0 Å². The van der Waals surface area contributed by atoms with Crippen molar-refractivity contribution in [1.29, 1.82) is 0 Å². The first-order valence-corrected chi connectivity index (χ1v) is 23.1. The van der Waals surface area contributed by atoms with Crippen LogP contribution in [0.3, 0.4) is 0 Å². The van der Waals surface area contributed by atoms with Crippen LogP contribution < -0.4 is 5.32 Å². The molecule has 0 aliphatic carbocycles. The summed E-state index contributed by atoms with van der Waals surface area (Å²) in [4.78, 5) is 23.1. The largest absolute Gasteiger partial charge is 0.472 e. The molecule has 0 aromatic heterocycles. The lowest BCUT2D eigenvalue weighted by Crippen LogP contribution is -2.46. The van der Waals surface area contributed by atoms with Crippen LogP contribution >= 0.6 is 7.82 Å². The van der Waals surface area contributed by atoms with Gasteiger partial charge >= 0.3 is 7.82 Å². The number of allylic oxidation sites excluding steroid dienone is 7. The molecule has 0 bridgehead atoms. The zero-order chi connectivity index (χ0) is 40.2. The van der Waals surface area contributed by atoms with E-state index in [4.69, 9.17) is 9.05 Å². The third-order valence-corrected chi connectivity index (χ3v) is 10.4. The van der Waals surface area contributed by atoms with Gasteiger partial charge in [-0.15, -0.1) is 0 Å². The monoisotopic (exact) mass is 784 g/mol. The van der Waals surface area contributed by atoms with Crippen LogP contribution in [0.1, 0.15) is 168 Å². The fourth-order valence-corrected chi connectivity index (χ4v) is 6.67. The van der Waals surface area contributed by atoms with Gasteiger partial charge in [0.25, 0.3) is 0 Å². The molecule has 0 aliphatic rings. The molecule has 9 nitrogen and oxygen atoms in total.